The molecule has 6 nitrogen and oxygen atoms in total. The third kappa shape index (κ3) is 4.00. The molecule has 3 heterocycles. The van der Waals surface area contributed by atoms with E-state index in [1.807, 2.05) is 16.7 Å². The van der Waals surface area contributed by atoms with Gasteiger partial charge in [0.2, 0.25) is 5.95 Å². The molecule has 2 saturated heterocycles. The highest BCUT2D eigenvalue weighted by atomic mass is 19.4. The number of halogens is 3. The lowest BCUT2D eigenvalue weighted by molar-refractivity contribution is -0.146. The van der Waals surface area contributed by atoms with Crippen LogP contribution in [0.3, 0.4) is 0 Å². The third-order valence-corrected chi connectivity index (χ3v) is 6.53. The molecule has 4 rings (SSSR count). The minimum atomic E-state index is -4.50. The second kappa shape index (κ2) is 7.32. The second-order valence-electron chi connectivity index (χ2n) is 8.70. The third-order valence-electron chi connectivity index (χ3n) is 6.53. The van der Waals surface area contributed by atoms with Gasteiger partial charge in [-0.3, -0.25) is 4.79 Å². The van der Waals surface area contributed by atoms with Crippen molar-refractivity contribution in [3.05, 3.63) is 11.8 Å². The predicted octanol–water partition coefficient (Wildman–Crippen LogP) is 3.65. The summed E-state index contributed by atoms with van der Waals surface area (Å²) < 4.78 is 45.3. The number of ether oxygens (including phenoxy) is 1. The number of nitrogens with zero attached hydrogens (tertiary/aromatic N) is 4. The van der Waals surface area contributed by atoms with Crippen molar-refractivity contribution in [1.82, 2.24) is 9.97 Å². The van der Waals surface area contributed by atoms with Gasteiger partial charge in [0.05, 0.1) is 6.61 Å². The zero-order valence-electron chi connectivity index (χ0n) is 16.8. The number of hydrogen-bond acceptors (Lipinski definition) is 6. The monoisotopic (exact) mass is 412 g/mol. The molecule has 1 saturated carbocycles. The molecule has 0 N–H and O–H groups in total. The molecule has 0 aromatic carbocycles. The van der Waals surface area contributed by atoms with Crippen LogP contribution in [0.1, 0.15) is 51.6 Å². The number of esters is 1. The summed E-state index contributed by atoms with van der Waals surface area (Å²) in [5, 5.41) is 0. The standard InChI is InChI=1S/C20H27F3N4O2/c1-3-29-17(28)8-14-10-19(11-14)5-7-26(12-19)16-9-15(20(21,22)23)24-18(25-16)27-6-4-13(27)2/h9,13-14H,3-8,10-12H2,1-2H3/t13-,14?,19?/m0/s1. The van der Waals surface area contributed by atoms with Crippen LogP contribution in [0.25, 0.3) is 0 Å². The van der Waals surface area contributed by atoms with E-state index in [2.05, 4.69) is 9.97 Å². The van der Waals surface area contributed by atoms with Crippen LogP contribution in [0.4, 0.5) is 24.9 Å². The Bertz CT molecular complexity index is 779. The van der Waals surface area contributed by atoms with Gasteiger partial charge in [0.25, 0.3) is 0 Å². The lowest BCUT2D eigenvalue weighted by Gasteiger charge is -2.45. The molecule has 1 aromatic heterocycles. The number of anilines is 2. The summed E-state index contributed by atoms with van der Waals surface area (Å²) >= 11 is 0. The molecule has 0 unspecified atom stereocenters. The van der Waals surface area contributed by atoms with E-state index in [-0.39, 0.29) is 23.4 Å². The molecule has 9 heteroatoms. The smallest absolute Gasteiger partial charge is 0.433 e. The largest absolute Gasteiger partial charge is 0.466 e. The van der Waals surface area contributed by atoms with Crippen LogP contribution < -0.4 is 9.80 Å². The fourth-order valence-corrected chi connectivity index (χ4v) is 4.90. The maximum Gasteiger partial charge on any atom is 0.433 e. The Kier molecular flexibility index (Phi) is 5.11. The Hall–Kier alpha value is -2.06. The Morgan fingerprint density at radius 1 is 1.31 bits per heavy atom. The van der Waals surface area contributed by atoms with Crippen LogP contribution in [-0.2, 0) is 15.7 Å². The van der Waals surface area contributed by atoms with Gasteiger partial charge in [-0.1, -0.05) is 0 Å². The van der Waals surface area contributed by atoms with Gasteiger partial charge in [-0.05, 0) is 50.9 Å². The first-order chi connectivity index (χ1) is 13.7. The van der Waals surface area contributed by atoms with Crippen LogP contribution in [0.15, 0.2) is 6.07 Å². The highest BCUT2D eigenvalue weighted by Crippen LogP contribution is 2.53. The van der Waals surface area contributed by atoms with E-state index >= 15 is 0 Å². The first-order valence-electron chi connectivity index (χ1n) is 10.3. The molecule has 3 aliphatic rings. The van der Waals surface area contributed by atoms with Crippen molar-refractivity contribution in [2.24, 2.45) is 11.3 Å². The van der Waals surface area contributed by atoms with E-state index in [9.17, 15) is 18.0 Å². The number of carbonyl (C=O) groups excluding carboxylic acids is 1. The molecule has 1 aliphatic carbocycles. The highest BCUT2D eigenvalue weighted by Gasteiger charge is 2.49. The van der Waals surface area contributed by atoms with Crippen molar-refractivity contribution in [3.63, 3.8) is 0 Å². The number of aromatic nitrogens is 2. The first kappa shape index (κ1) is 20.2. The second-order valence-corrected chi connectivity index (χ2v) is 8.70. The van der Waals surface area contributed by atoms with Crippen LogP contribution in [0.5, 0.6) is 0 Å². The average molecular weight is 412 g/mol. The van der Waals surface area contributed by atoms with Gasteiger partial charge in [0.1, 0.15) is 5.82 Å². The maximum absolute atomic E-state index is 13.4. The molecule has 1 spiro atoms. The Balaban J connectivity index is 1.46. The van der Waals surface area contributed by atoms with E-state index in [1.54, 1.807) is 6.92 Å². The average Bonchev–Trinajstić information content (AvgIpc) is 3.05. The van der Waals surface area contributed by atoms with Crippen molar-refractivity contribution < 1.29 is 22.7 Å². The SMILES string of the molecule is CCOC(=O)CC1CC2(CCN(c3cc(C(F)(F)F)nc(N4CC[C@@H]4C)n3)C2)C1. The Morgan fingerprint density at radius 3 is 2.66 bits per heavy atom. The molecule has 29 heavy (non-hydrogen) atoms. The normalized spacial score (nSPS) is 29.0. The fourth-order valence-electron chi connectivity index (χ4n) is 4.90. The van der Waals surface area contributed by atoms with E-state index in [0.717, 1.165) is 31.7 Å². The molecular formula is C20H27F3N4O2. The molecule has 2 aliphatic heterocycles. The van der Waals surface area contributed by atoms with Crippen molar-refractivity contribution in [3.8, 4) is 0 Å². The molecule has 3 fully saturated rings. The van der Waals surface area contributed by atoms with Crippen LogP contribution in [-0.4, -0.2) is 48.2 Å². The zero-order valence-corrected chi connectivity index (χ0v) is 16.8. The lowest BCUT2D eigenvalue weighted by atomic mass is 9.60. The highest BCUT2D eigenvalue weighted by molar-refractivity contribution is 5.69. The summed E-state index contributed by atoms with van der Waals surface area (Å²) in [4.78, 5) is 23.7. The molecule has 0 bridgehead atoms. The Morgan fingerprint density at radius 2 is 2.07 bits per heavy atom. The first-order valence-corrected chi connectivity index (χ1v) is 10.3. The van der Waals surface area contributed by atoms with Gasteiger partial charge in [0, 0.05) is 38.2 Å². The summed E-state index contributed by atoms with van der Waals surface area (Å²) in [6, 6.07) is 1.23. The molecule has 0 radical (unpaired) electrons. The summed E-state index contributed by atoms with van der Waals surface area (Å²) in [5.74, 6) is 0.666. The fraction of sp³-hybridized carbons (Fsp3) is 0.750. The minimum Gasteiger partial charge on any atom is -0.466 e. The number of rotatable bonds is 5. The molecule has 0 amide bonds. The number of hydrogen-bond donors (Lipinski definition) is 0. The van der Waals surface area contributed by atoms with Gasteiger partial charge in [0.15, 0.2) is 5.69 Å². The van der Waals surface area contributed by atoms with Gasteiger partial charge in [-0.25, -0.2) is 4.98 Å². The Labute approximate surface area is 168 Å². The summed E-state index contributed by atoms with van der Waals surface area (Å²) in [6.07, 6.45) is -0.403. The van der Waals surface area contributed by atoms with Crippen molar-refractivity contribution in [2.45, 2.75) is 58.2 Å². The molecular weight excluding hydrogens is 385 g/mol. The minimum absolute atomic E-state index is 0.0741. The van der Waals surface area contributed by atoms with Crippen LogP contribution in [0, 0.1) is 11.3 Å². The summed E-state index contributed by atoms with van der Waals surface area (Å²) in [7, 11) is 0. The van der Waals surface area contributed by atoms with Crippen molar-refractivity contribution in [1.29, 1.82) is 0 Å². The van der Waals surface area contributed by atoms with E-state index < -0.39 is 11.9 Å². The van der Waals surface area contributed by atoms with Crippen molar-refractivity contribution >= 4 is 17.7 Å². The van der Waals surface area contributed by atoms with E-state index in [1.165, 1.54) is 0 Å². The number of alkyl halides is 3. The quantitative estimate of drug-likeness (QED) is 0.688. The van der Waals surface area contributed by atoms with Gasteiger partial charge in [-0.15, -0.1) is 0 Å². The molecule has 1 atom stereocenters. The van der Waals surface area contributed by atoms with Gasteiger partial charge >= 0.3 is 12.1 Å². The van der Waals surface area contributed by atoms with Crippen molar-refractivity contribution in [2.75, 3.05) is 36.0 Å². The lowest BCUT2D eigenvalue weighted by Crippen LogP contribution is -2.47. The van der Waals surface area contributed by atoms with E-state index in [4.69, 9.17) is 4.74 Å². The number of carbonyl (C=O) groups is 1. The summed E-state index contributed by atoms with van der Waals surface area (Å²) in [6.45, 7) is 6.18. The zero-order chi connectivity index (χ0) is 20.8. The topological polar surface area (TPSA) is 58.6 Å². The predicted molar refractivity (Wildman–Crippen MR) is 102 cm³/mol. The summed E-state index contributed by atoms with van der Waals surface area (Å²) in [5.41, 5.74) is -0.809. The van der Waals surface area contributed by atoms with E-state index in [0.29, 0.717) is 44.4 Å². The maximum atomic E-state index is 13.4. The molecule has 1 aromatic rings. The van der Waals surface area contributed by atoms with Gasteiger partial charge in [-0.2, -0.15) is 18.2 Å². The van der Waals surface area contributed by atoms with Crippen LogP contribution in [0.2, 0.25) is 0 Å². The molecule has 160 valence electrons. The van der Waals surface area contributed by atoms with Crippen LogP contribution >= 0.6 is 0 Å². The van der Waals surface area contributed by atoms with Gasteiger partial charge < -0.3 is 14.5 Å².